The molecule has 4 rings (SSSR count). The first-order valence-corrected chi connectivity index (χ1v) is 14.0. The highest BCUT2D eigenvalue weighted by Gasteiger charge is 2.36. The topological polar surface area (TPSA) is 77.5 Å². The number of rotatable bonds is 8. The van der Waals surface area contributed by atoms with E-state index in [1.807, 2.05) is 49.9 Å². The number of benzene rings is 2. The molecule has 9 heteroatoms. The van der Waals surface area contributed by atoms with Gasteiger partial charge in [-0.2, -0.15) is 0 Å². The first-order chi connectivity index (χ1) is 19.1. The second-order valence-electron chi connectivity index (χ2n) is 11.5. The molecular formula is C31H41FN2O6. The van der Waals surface area contributed by atoms with Crippen molar-refractivity contribution in [1.82, 2.24) is 9.80 Å². The summed E-state index contributed by atoms with van der Waals surface area (Å²) in [6.45, 7) is 7.67. The Kier molecular flexibility index (Phi) is 9.90. The highest BCUT2D eigenvalue weighted by Crippen LogP contribution is 2.32. The predicted octanol–water partition coefficient (Wildman–Crippen LogP) is 5.44. The lowest BCUT2D eigenvalue weighted by Gasteiger charge is -2.39. The predicted molar refractivity (Wildman–Crippen MR) is 149 cm³/mol. The smallest absolute Gasteiger partial charge is 0.410 e. The number of carbonyl (C=O) groups excluding carboxylic acids is 2. The van der Waals surface area contributed by atoms with Crippen molar-refractivity contribution in [3.05, 3.63) is 59.9 Å². The Hall–Kier alpha value is -3.33. The van der Waals surface area contributed by atoms with E-state index >= 15 is 0 Å². The number of hydrogen-bond donors (Lipinski definition) is 0. The van der Waals surface area contributed by atoms with Gasteiger partial charge in [0.2, 0.25) is 5.91 Å². The van der Waals surface area contributed by atoms with Crippen molar-refractivity contribution in [2.24, 2.45) is 5.92 Å². The molecule has 0 aromatic heterocycles. The molecule has 2 fully saturated rings. The standard InChI is InChI=1S/C31H41FN2O6/c1-31(2,3)40-30(36)34(19-22-9-13-24(32)14-10-22)25-15-11-23(12-16-25)29(35)33-17-18-38-26(20-33)21-39-28-8-6-5-7-27(28)37-4/h5-10,13-14,23,25-26H,11-12,15-21H2,1-4H3/t23?,25?,26-/m1/s1. The Labute approximate surface area is 236 Å². The summed E-state index contributed by atoms with van der Waals surface area (Å²) in [5.74, 6) is 1.01. The summed E-state index contributed by atoms with van der Waals surface area (Å²) in [5, 5.41) is 0. The van der Waals surface area contributed by atoms with E-state index in [1.54, 1.807) is 24.1 Å². The van der Waals surface area contributed by atoms with Crippen molar-refractivity contribution < 1.29 is 32.9 Å². The van der Waals surface area contributed by atoms with Crippen LogP contribution in [0.2, 0.25) is 0 Å². The number of hydrogen-bond acceptors (Lipinski definition) is 6. The van der Waals surface area contributed by atoms with E-state index < -0.39 is 11.7 Å². The van der Waals surface area contributed by atoms with E-state index in [4.69, 9.17) is 18.9 Å². The minimum Gasteiger partial charge on any atom is -0.493 e. The average Bonchev–Trinajstić information content (AvgIpc) is 2.95. The van der Waals surface area contributed by atoms with Gasteiger partial charge in [0.1, 0.15) is 24.1 Å². The summed E-state index contributed by atoms with van der Waals surface area (Å²) >= 11 is 0. The van der Waals surface area contributed by atoms with Crippen LogP contribution >= 0.6 is 0 Å². The van der Waals surface area contributed by atoms with Crippen LogP contribution in [0.3, 0.4) is 0 Å². The summed E-state index contributed by atoms with van der Waals surface area (Å²) in [5.41, 5.74) is 0.202. The van der Waals surface area contributed by atoms with Crippen LogP contribution in [0.5, 0.6) is 11.5 Å². The van der Waals surface area contributed by atoms with Crippen molar-refractivity contribution >= 4 is 12.0 Å². The van der Waals surface area contributed by atoms with Crippen LogP contribution in [0.15, 0.2) is 48.5 Å². The minimum atomic E-state index is -0.631. The fourth-order valence-corrected chi connectivity index (χ4v) is 5.28. The number of ether oxygens (including phenoxy) is 4. The molecule has 40 heavy (non-hydrogen) atoms. The molecule has 0 radical (unpaired) electrons. The quantitative estimate of drug-likeness (QED) is 0.431. The van der Waals surface area contributed by atoms with Crippen molar-refractivity contribution in [3.63, 3.8) is 0 Å². The maximum Gasteiger partial charge on any atom is 0.410 e. The molecule has 2 aromatic carbocycles. The van der Waals surface area contributed by atoms with Crippen LogP contribution in [-0.4, -0.2) is 73.0 Å². The Morgan fingerprint density at radius 1 is 1.02 bits per heavy atom. The van der Waals surface area contributed by atoms with E-state index in [9.17, 15) is 14.0 Å². The van der Waals surface area contributed by atoms with Crippen molar-refractivity contribution in [1.29, 1.82) is 0 Å². The number of methoxy groups -OCH3 is 1. The Morgan fingerprint density at radius 2 is 1.70 bits per heavy atom. The molecule has 1 atom stereocenters. The highest BCUT2D eigenvalue weighted by atomic mass is 19.1. The van der Waals surface area contributed by atoms with E-state index in [0.717, 1.165) is 5.56 Å². The summed E-state index contributed by atoms with van der Waals surface area (Å²) in [4.78, 5) is 30.2. The van der Waals surface area contributed by atoms with Gasteiger partial charge in [-0.05, 0) is 76.3 Å². The molecule has 2 amide bonds. The molecule has 0 bridgehead atoms. The van der Waals surface area contributed by atoms with Crippen LogP contribution in [0, 0.1) is 11.7 Å². The first kappa shape index (κ1) is 29.6. The highest BCUT2D eigenvalue weighted by molar-refractivity contribution is 5.79. The number of carbonyl (C=O) groups is 2. The van der Waals surface area contributed by atoms with Gasteiger partial charge in [0.15, 0.2) is 11.5 Å². The second kappa shape index (κ2) is 13.4. The second-order valence-corrected chi connectivity index (χ2v) is 11.5. The van der Waals surface area contributed by atoms with Gasteiger partial charge in [-0.3, -0.25) is 4.79 Å². The number of amides is 2. The molecule has 2 aliphatic rings. The van der Waals surface area contributed by atoms with Gasteiger partial charge in [0.05, 0.1) is 20.3 Å². The van der Waals surface area contributed by atoms with Crippen LogP contribution < -0.4 is 9.47 Å². The number of morpholine rings is 1. The zero-order chi connectivity index (χ0) is 28.7. The molecular weight excluding hydrogens is 515 g/mol. The van der Waals surface area contributed by atoms with Gasteiger partial charge in [0, 0.05) is 25.0 Å². The lowest BCUT2D eigenvalue weighted by Crippen LogP contribution is -2.51. The zero-order valence-corrected chi connectivity index (χ0v) is 23.9. The summed E-state index contributed by atoms with van der Waals surface area (Å²) < 4.78 is 36.3. The van der Waals surface area contributed by atoms with E-state index in [-0.39, 0.29) is 29.8 Å². The molecule has 2 aromatic rings. The number of halogens is 1. The third-order valence-electron chi connectivity index (χ3n) is 7.33. The van der Waals surface area contributed by atoms with E-state index in [2.05, 4.69) is 0 Å². The lowest BCUT2D eigenvalue weighted by atomic mass is 9.84. The fraction of sp³-hybridized carbons (Fsp3) is 0.548. The van der Waals surface area contributed by atoms with Crippen molar-refractivity contribution in [3.8, 4) is 11.5 Å². The monoisotopic (exact) mass is 556 g/mol. The van der Waals surface area contributed by atoms with Crippen LogP contribution in [-0.2, 0) is 20.8 Å². The third kappa shape index (κ3) is 8.10. The molecule has 1 saturated heterocycles. The van der Waals surface area contributed by atoms with Gasteiger partial charge in [-0.1, -0.05) is 24.3 Å². The van der Waals surface area contributed by atoms with Gasteiger partial charge >= 0.3 is 6.09 Å². The van der Waals surface area contributed by atoms with E-state index in [1.165, 1.54) is 12.1 Å². The zero-order valence-electron chi connectivity index (χ0n) is 23.9. The lowest BCUT2D eigenvalue weighted by molar-refractivity contribution is -0.145. The number of nitrogens with zero attached hydrogens (tertiary/aromatic N) is 2. The maximum absolute atomic E-state index is 13.5. The maximum atomic E-state index is 13.5. The molecule has 0 N–H and O–H groups in total. The molecule has 0 spiro atoms. The van der Waals surface area contributed by atoms with Crippen LogP contribution in [0.1, 0.15) is 52.0 Å². The Morgan fingerprint density at radius 3 is 2.35 bits per heavy atom. The van der Waals surface area contributed by atoms with Gasteiger partial charge in [-0.15, -0.1) is 0 Å². The third-order valence-corrected chi connectivity index (χ3v) is 7.33. The molecule has 8 nitrogen and oxygen atoms in total. The largest absolute Gasteiger partial charge is 0.493 e. The Balaban J connectivity index is 1.33. The average molecular weight is 557 g/mol. The van der Waals surface area contributed by atoms with Crippen LogP contribution in [0.4, 0.5) is 9.18 Å². The normalized spacial score (nSPS) is 21.4. The van der Waals surface area contributed by atoms with Gasteiger partial charge < -0.3 is 28.7 Å². The van der Waals surface area contributed by atoms with Crippen molar-refractivity contribution in [2.45, 2.75) is 70.7 Å². The summed E-state index contributed by atoms with van der Waals surface area (Å²) in [7, 11) is 1.60. The van der Waals surface area contributed by atoms with Gasteiger partial charge in [-0.25, -0.2) is 9.18 Å². The molecule has 0 unspecified atom stereocenters. The van der Waals surface area contributed by atoms with Crippen molar-refractivity contribution in [2.75, 3.05) is 33.4 Å². The fourth-order valence-electron chi connectivity index (χ4n) is 5.28. The molecule has 218 valence electrons. The SMILES string of the molecule is COc1ccccc1OC[C@H]1CN(C(=O)C2CCC(N(Cc3ccc(F)cc3)C(=O)OC(C)(C)C)CC2)CCO1. The number of para-hydroxylation sites is 2. The van der Waals surface area contributed by atoms with Crippen LogP contribution in [0.25, 0.3) is 0 Å². The molecule has 1 saturated carbocycles. The molecule has 1 heterocycles. The van der Waals surface area contributed by atoms with E-state index in [0.29, 0.717) is 70.0 Å². The first-order valence-electron chi connectivity index (χ1n) is 14.0. The molecule has 1 aliphatic carbocycles. The summed E-state index contributed by atoms with van der Waals surface area (Å²) in [6.07, 6.45) is 2.15. The van der Waals surface area contributed by atoms with Gasteiger partial charge in [0.25, 0.3) is 0 Å². The summed E-state index contributed by atoms with van der Waals surface area (Å²) in [6, 6.07) is 13.6. The molecule has 1 aliphatic heterocycles. The minimum absolute atomic E-state index is 0.0596. The Bertz CT molecular complexity index is 1130.